The first-order chi connectivity index (χ1) is 9.05. The Morgan fingerprint density at radius 2 is 1.95 bits per heavy atom. The molecule has 104 valence electrons. The van der Waals surface area contributed by atoms with Crippen molar-refractivity contribution in [1.29, 1.82) is 5.26 Å². The Morgan fingerprint density at radius 3 is 2.42 bits per heavy atom. The van der Waals surface area contributed by atoms with Crippen molar-refractivity contribution in [3.05, 3.63) is 35.9 Å². The van der Waals surface area contributed by atoms with Crippen molar-refractivity contribution >= 4 is 0 Å². The summed E-state index contributed by atoms with van der Waals surface area (Å²) in [5, 5.41) is 13.1. The molecule has 1 aromatic rings. The van der Waals surface area contributed by atoms with E-state index in [2.05, 4.69) is 37.2 Å². The number of hydrogen-bond donors (Lipinski definition) is 1. The smallest absolute Gasteiger partial charge is 0.133 e. The number of benzene rings is 1. The molecule has 1 unspecified atom stereocenters. The molecule has 19 heavy (non-hydrogen) atoms. The molecular weight excluding hydrogens is 234 g/mol. The molecule has 0 aliphatic heterocycles. The Labute approximate surface area is 117 Å². The van der Waals surface area contributed by atoms with Crippen LogP contribution < -0.4 is 5.32 Å². The lowest BCUT2D eigenvalue weighted by Crippen LogP contribution is -2.44. The molecule has 0 saturated heterocycles. The van der Waals surface area contributed by atoms with Crippen molar-refractivity contribution in [2.45, 2.75) is 38.8 Å². The summed E-state index contributed by atoms with van der Waals surface area (Å²) in [6.45, 7) is 8.07. The molecule has 0 amide bonds. The third-order valence-electron chi connectivity index (χ3n) is 3.66. The first-order valence-corrected chi connectivity index (χ1v) is 6.97. The van der Waals surface area contributed by atoms with Gasteiger partial charge in [0.15, 0.2) is 0 Å². The van der Waals surface area contributed by atoms with Crippen molar-refractivity contribution in [2.24, 2.45) is 0 Å². The van der Waals surface area contributed by atoms with Crippen molar-refractivity contribution in [3.63, 3.8) is 0 Å². The molecule has 0 aromatic heterocycles. The molecule has 3 nitrogen and oxygen atoms in total. The zero-order chi connectivity index (χ0) is 14.3. The normalized spacial score (nSPS) is 14.4. The third-order valence-corrected chi connectivity index (χ3v) is 3.66. The fourth-order valence-corrected chi connectivity index (χ4v) is 2.12. The van der Waals surface area contributed by atoms with Crippen LogP contribution in [0.1, 0.15) is 32.8 Å². The highest BCUT2D eigenvalue weighted by atomic mass is 15.1. The van der Waals surface area contributed by atoms with E-state index in [1.165, 1.54) is 0 Å². The van der Waals surface area contributed by atoms with E-state index >= 15 is 0 Å². The molecule has 0 radical (unpaired) electrons. The average Bonchev–Trinajstić information content (AvgIpc) is 2.44. The van der Waals surface area contributed by atoms with Crippen molar-refractivity contribution < 1.29 is 0 Å². The van der Waals surface area contributed by atoms with Gasteiger partial charge in [-0.1, -0.05) is 37.3 Å². The van der Waals surface area contributed by atoms with Crippen LogP contribution in [0.3, 0.4) is 0 Å². The topological polar surface area (TPSA) is 39.1 Å². The van der Waals surface area contributed by atoms with Gasteiger partial charge in [-0.05, 0) is 39.4 Å². The fourth-order valence-electron chi connectivity index (χ4n) is 2.12. The minimum atomic E-state index is -0.584. The second kappa shape index (κ2) is 7.28. The lowest BCUT2D eigenvalue weighted by molar-refractivity contribution is 0.240. The summed E-state index contributed by atoms with van der Waals surface area (Å²) < 4.78 is 0. The molecule has 3 heteroatoms. The summed E-state index contributed by atoms with van der Waals surface area (Å²) in [4.78, 5) is 2.27. The second-order valence-electron chi connectivity index (χ2n) is 5.24. The van der Waals surface area contributed by atoms with Gasteiger partial charge in [-0.15, -0.1) is 0 Å². The maximum absolute atomic E-state index is 9.68. The lowest BCUT2D eigenvalue weighted by atomic mass is 9.87. The summed E-state index contributed by atoms with van der Waals surface area (Å²) in [5.41, 5.74) is 0.468. The quantitative estimate of drug-likeness (QED) is 0.818. The minimum absolute atomic E-state index is 0.494. The van der Waals surface area contributed by atoms with E-state index in [0.717, 1.165) is 25.1 Å². The van der Waals surface area contributed by atoms with Crippen molar-refractivity contribution in [2.75, 3.05) is 20.1 Å². The Kier molecular flexibility index (Phi) is 6.01. The molecule has 0 aliphatic carbocycles. The summed E-state index contributed by atoms with van der Waals surface area (Å²) >= 11 is 0. The van der Waals surface area contributed by atoms with Crippen LogP contribution in [0.4, 0.5) is 0 Å². The number of nitrogens with one attached hydrogen (secondary N) is 1. The largest absolute Gasteiger partial charge is 0.304 e. The van der Waals surface area contributed by atoms with Gasteiger partial charge < -0.3 is 4.90 Å². The molecule has 0 saturated carbocycles. The standard InChI is InChI=1S/C16H25N3/c1-5-18-16(13-17,11-12-19(4)14(2)3)15-9-7-6-8-10-15/h6-10,14,18H,5,11-12H2,1-4H3. The van der Waals surface area contributed by atoms with Gasteiger partial charge in [0.1, 0.15) is 5.54 Å². The molecule has 0 spiro atoms. The Bertz CT molecular complexity index is 408. The first kappa shape index (κ1) is 15.7. The number of hydrogen-bond acceptors (Lipinski definition) is 3. The molecule has 1 atom stereocenters. The third kappa shape index (κ3) is 4.05. The molecule has 1 rings (SSSR count). The number of nitrogens with zero attached hydrogens (tertiary/aromatic N) is 2. The molecule has 1 N–H and O–H groups in total. The summed E-state index contributed by atoms with van der Waals surface area (Å²) in [5.74, 6) is 0. The van der Waals surface area contributed by atoms with Gasteiger partial charge in [0, 0.05) is 12.6 Å². The molecule has 0 fully saturated rings. The van der Waals surface area contributed by atoms with Gasteiger partial charge in [0.2, 0.25) is 0 Å². The van der Waals surface area contributed by atoms with Crippen molar-refractivity contribution in [1.82, 2.24) is 10.2 Å². The Hall–Kier alpha value is -1.37. The van der Waals surface area contributed by atoms with Crippen molar-refractivity contribution in [3.8, 4) is 6.07 Å². The van der Waals surface area contributed by atoms with Crippen LogP contribution in [0.2, 0.25) is 0 Å². The van der Waals surface area contributed by atoms with Gasteiger partial charge in [-0.3, -0.25) is 5.32 Å². The molecule has 1 aromatic carbocycles. The number of rotatable bonds is 7. The van der Waals surface area contributed by atoms with Gasteiger partial charge in [-0.2, -0.15) is 5.26 Å². The summed E-state index contributed by atoms with van der Waals surface area (Å²) in [7, 11) is 2.10. The maximum Gasteiger partial charge on any atom is 0.133 e. The van der Waals surface area contributed by atoms with Gasteiger partial charge in [0.25, 0.3) is 0 Å². The predicted molar refractivity (Wildman–Crippen MR) is 79.8 cm³/mol. The van der Waals surface area contributed by atoms with Crippen LogP contribution in [-0.2, 0) is 5.54 Å². The summed E-state index contributed by atoms with van der Waals surface area (Å²) in [6.07, 6.45) is 0.788. The highest BCUT2D eigenvalue weighted by Gasteiger charge is 2.31. The molecule has 0 aliphatic rings. The van der Waals surface area contributed by atoms with Crippen LogP contribution >= 0.6 is 0 Å². The highest BCUT2D eigenvalue weighted by molar-refractivity contribution is 5.31. The Balaban J connectivity index is 2.91. The average molecular weight is 259 g/mol. The highest BCUT2D eigenvalue weighted by Crippen LogP contribution is 2.24. The van der Waals surface area contributed by atoms with E-state index in [-0.39, 0.29) is 0 Å². The predicted octanol–water partition coefficient (Wildman–Crippen LogP) is 2.75. The van der Waals surface area contributed by atoms with E-state index in [4.69, 9.17) is 0 Å². The van der Waals surface area contributed by atoms with Crippen LogP contribution in [0, 0.1) is 11.3 Å². The van der Waals surface area contributed by atoms with E-state index < -0.39 is 5.54 Å². The SMILES string of the molecule is CCNC(C#N)(CCN(C)C(C)C)c1ccccc1. The van der Waals surface area contributed by atoms with Gasteiger partial charge >= 0.3 is 0 Å². The van der Waals surface area contributed by atoms with E-state index in [1.54, 1.807) is 0 Å². The zero-order valence-corrected chi connectivity index (χ0v) is 12.5. The van der Waals surface area contributed by atoms with E-state index in [0.29, 0.717) is 6.04 Å². The second-order valence-corrected chi connectivity index (χ2v) is 5.24. The zero-order valence-electron chi connectivity index (χ0n) is 12.5. The summed E-state index contributed by atoms with van der Waals surface area (Å²) in [6, 6.07) is 13.0. The molecule has 0 bridgehead atoms. The minimum Gasteiger partial charge on any atom is -0.304 e. The van der Waals surface area contributed by atoms with E-state index in [1.807, 2.05) is 37.3 Å². The van der Waals surface area contributed by atoms with Crippen LogP contribution in [0.25, 0.3) is 0 Å². The monoisotopic (exact) mass is 259 g/mol. The fraction of sp³-hybridized carbons (Fsp3) is 0.562. The van der Waals surface area contributed by atoms with Gasteiger partial charge in [-0.25, -0.2) is 0 Å². The van der Waals surface area contributed by atoms with Crippen LogP contribution in [0.15, 0.2) is 30.3 Å². The van der Waals surface area contributed by atoms with E-state index in [9.17, 15) is 5.26 Å². The number of nitriles is 1. The van der Waals surface area contributed by atoms with Crippen LogP contribution in [-0.4, -0.2) is 31.1 Å². The maximum atomic E-state index is 9.68. The van der Waals surface area contributed by atoms with Gasteiger partial charge in [0.05, 0.1) is 6.07 Å². The molecule has 0 heterocycles. The van der Waals surface area contributed by atoms with Crippen LogP contribution in [0.5, 0.6) is 0 Å². The lowest BCUT2D eigenvalue weighted by Gasteiger charge is -2.31. The first-order valence-electron chi connectivity index (χ1n) is 6.97. The Morgan fingerprint density at radius 1 is 1.32 bits per heavy atom. The molecular formula is C16H25N3.